The molecule has 0 aliphatic heterocycles. The molecule has 0 aromatic heterocycles. The number of rotatable bonds is 10. The van der Waals surface area contributed by atoms with Gasteiger partial charge in [-0.05, 0) is 25.5 Å². The number of benzene rings is 1. The Morgan fingerprint density at radius 3 is 2.60 bits per heavy atom. The molecule has 0 spiro atoms. The summed E-state index contributed by atoms with van der Waals surface area (Å²) in [6.07, 6.45) is 0.714. The zero-order valence-corrected chi connectivity index (χ0v) is 15.8. The summed E-state index contributed by atoms with van der Waals surface area (Å²) in [6.45, 7) is 3.26. The van der Waals surface area contributed by atoms with Crippen LogP contribution in [0, 0.1) is 0 Å². The molecule has 140 valence electrons. The number of carbonyl (C=O) groups is 2. The summed E-state index contributed by atoms with van der Waals surface area (Å²) >= 11 is 6.18. The zero-order valence-electron chi connectivity index (χ0n) is 15.1. The van der Waals surface area contributed by atoms with E-state index in [1.54, 1.807) is 20.2 Å². The van der Waals surface area contributed by atoms with Crippen molar-refractivity contribution >= 4 is 23.4 Å². The number of halogens is 1. The molecule has 0 atom stereocenters. The Labute approximate surface area is 153 Å². The monoisotopic (exact) mass is 372 g/mol. The number of hydrogen-bond acceptors (Lipinski definition) is 5. The van der Waals surface area contributed by atoms with Crippen molar-refractivity contribution in [1.82, 2.24) is 10.2 Å². The second-order valence-electron chi connectivity index (χ2n) is 5.28. The van der Waals surface area contributed by atoms with Crippen LogP contribution in [0.2, 0.25) is 5.02 Å². The molecule has 0 aliphatic carbocycles. The molecule has 8 heteroatoms. The van der Waals surface area contributed by atoms with E-state index in [9.17, 15) is 9.59 Å². The molecule has 0 unspecified atom stereocenters. The van der Waals surface area contributed by atoms with Gasteiger partial charge in [0.1, 0.15) is 0 Å². The lowest BCUT2D eigenvalue weighted by Gasteiger charge is -2.18. The van der Waals surface area contributed by atoms with Gasteiger partial charge in [-0.1, -0.05) is 11.6 Å². The van der Waals surface area contributed by atoms with Gasteiger partial charge in [-0.15, -0.1) is 0 Å². The van der Waals surface area contributed by atoms with Crippen LogP contribution in [0.15, 0.2) is 12.1 Å². The summed E-state index contributed by atoms with van der Waals surface area (Å²) in [5, 5.41) is 3.01. The maximum Gasteiger partial charge on any atom is 0.254 e. The standard InChI is InChI=1S/C17H25ClN2O5/c1-5-25-16-13(18)9-12(10-14(16)24-4)17(22)20(2)11-15(21)19-7-6-8-23-3/h9-10H,5-8,11H2,1-4H3,(H,19,21). The topological polar surface area (TPSA) is 77.1 Å². The molecule has 0 saturated carbocycles. The Hall–Kier alpha value is -1.99. The van der Waals surface area contributed by atoms with E-state index >= 15 is 0 Å². The predicted molar refractivity (Wildman–Crippen MR) is 95.6 cm³/mol. The van der Waals surface area contributed by atoms with Crippen LogP contribution in [0.25, 0.3) is 0 Å². The van der Waals surface area contributed by atoms with Crippen molar-refractivity contribution in [2.24, 2.45) is 0 Å². The minimum Gasteiger partial charge on any atom is -0.493 e. The number of likely N-dealkylation sites (N-methyl/N-ethyl adjacent to an activating group) is 1. The van der Waals surface area contributed by atoms with Gasteiger partial charge in [0.25, 0.3) is 5.91 Å². The molecule has 0 fully saturated rings. The van der Waals surface area contributed by atoms with Crippen LogP contribution in [-0.2, 0) is 9.53 Å². The fourth-order valence-electron chi connectivity index (χ4n) is 2.14. The zero-order chi connectivity index (χ0) is 18.8. The molecule has 1 N–H and O–H groups in total. The summed E-state index contributed by atoms with van der Waals surface area (Å²) < 4.78 is 15.6. The normalized spacial score (nSPS) is 10.3. The maximum atomic E-state index is 12.5. The highest BCUT2D eigenvalue weighted by atomic mass is 35.5. The summed E-state index contributed by atoms with van der Waals surface area (Å²) in [4.78, 5) is 25.7. The molecule has 25 heavy (non-hydrogen) atoms. The van der Waals surface area contributed by atoms with Crippen LogP contribution in [0.1, 0.15) is 23.7 Å². The van der Waals surface area contributed by atoms with E-state index in [4.69, 9.17) is 25.8 Å². The largest absolute Gasteiger partial charge is 0.493 e. The molecule has 0 aliphatic rings. The molecular formula is C17H25ClN2O5. The number of nitrogens with one attached hydrogen (secondary N) is 1. The van der Waals surface area contributed by atoms with Crippen LogP contribution in [0.3, 0.4) is 0 Å². The van der Waals surface area contributed by atoms with Gasteiger partial charge in [0.15, 0.2) is 11.5 Å². The first-order valence-electron chi connectivity index (χ1n) is 7.96. The Kier molecular flexibility index (Phi) is 9.08. The highest BCUT2D eigenvalue weighted by Gasteiger charge is 2.19. The van der Waals surface area contributed by atoms with Gasteiger partial charge >= 0.3 is 0 Å². The first kappa shape index (κ1) is 21.1. The molecule has 2 amide bonds. The molecule has 1 aromatic carbocycles. The third-order valence-corrected chi connectivity index (χ3v) is 3.62. The first-order valence-corrected chi connectivity index (χ1v) is 8.33. The number of ether oxygens (including phenoxy) is 3. The van der Waals surface area contributed by atoms with E-state index in [1.165, 1.54) is 18.1 Å². The number of amides is 2. The Morgan fingerprint density at radius 1 is 1.28 bits per heavy atom. The minimum absolute atomic E-state index is 0.0566. The first-order chi connectivity index (χ1) is 11.9. The number of carbonyl (C=O) groups excluding carboxylic acids is 2. The minimum atomic E-state index is -0.338. The van der Waals surface area contributed by atoms with Crippen LogP contribution < -0.4 is 14.8 Å². The van der Waals surface area contributed by atoms with Crippen LogP contribution >= 0.6 is 11.6 Å². The van der Waals surface area contributed by atoms with Crippen molar-refractivity contribution in [2.45, 2.75) is 13.3 Å². The third kappa shape index (κ3) is 6.43. The number of nitrogens with zero attached hydrogens (tertiary/aromatic N) is 1. The van der Waals surface area contributed by atoms with Gasteiger partial charge in [-0.2, -0.15) is 0 Å². The van der Waals surface area contributed by atoms with Gasteiger partial charge in [0, 0.05) is 32.9 Å². The molecule has 0 saturated heterocycles. The average Bonchev–Trinajstić information content (AvgIpc) is 2.59. The number of methoxy groups -OCH3 is 2. The fraction of sp³-hybridized carbons (Fsp3) is 0.529. The Bertz CT molecular complexity index is 595. The lowest BCUT2D eigenvalue weighted by molar-refractivity contribution is -0.121. The molecule has 1 aromatic rings. The molecule has 0 radical (unpaired) electrons. The van der Waals surface area contributed by atoms with E-state index in [-0.39, 0.29) is 23.4 Å². The Morgan fingerprint density at radius 2 is 2.00 bits per heavy atom. The maximum absolute atomic E-state index is 12.5. The third-order valence-electron chi connectivity index (χ3n) is 3.34. The van der Waals surface area contributed by atoms with Gasteiger partial charge in [-0.3, -0.25) is 9.59 Å². The van der Waals surface area contributed by atoms with E-state index in [0.717, 1.165) is 0 Å². The van der Waals surface area contributed by atoms with E-state index in [2.05, 4.69) is 5.32 Å². The molecule has 1 rings (SSSR count). The van der Waals surface area contributed by atoms with Crippen molar-refractivity contribution in [1.29, 1.82) is 0 Å². The highest BCUT2D eigenvalue weighted by Crippen LogP contribution is 2.36. The number of hydrogen-bond donors (Lipinski definition) is 1. The van der Waals surface area contributed by atoms with Crippen molar-refractivity contribution in [3.05, 3.63) is 22.7 Å². The SMILES string of the molecule is CCOc1c(Cl)cc(C(=O)N(C)CC(=O)NCCCOC)cc1OC. The molecular weight excluding hydrogens is 348 g/mol. The lowest BCUT2D eigenvalue weighted by Crippen LogP contribution is -2.38. The van der Waals surface area contributed by atoms with Crippen molar-refractivity contribution in [3.8, 4) is 11.5 Å². The second-order valence-corrected chi connectivity index (χ2v) is 5.69. The second kappa shape index (κ2) is 10.8. The summed E-state index contributed by atoms with van der Waals surface area (Å²) in [6, 6.07) is 3.05. The van der Waals surface area contributed by atoms with E-state index in [1.807, 2.05) is 6.92 Å². The van der Waals surface area contributed by atoms with Crippen molar-refractivity contribution in [3.63, 3.8) is 0 Å². The van der Waals surface area contributed by atoms with Crippen LogP contribution in [0.5, 0.6) is 11.5 Å². The molecule has 7 nitrogen and oxygen atoms in total. The van der Waals surface area contributed by atoms with Gasteiger partial charge in [0.2, 0.25) is 5.91 Å². The highest BCUT2D eigenvalue weighted by molar-refractivity contribution is 6.32. The average molecular weight is 373 g/mol. The van der Waals surface area contributed by atoms with Gasteiger partial charge < -0.3 is 24.4 Å². The summed E-state index contributed by atoms with van der Waals surface area (Å²) in [5.74, 6) is 0.183. The van der Waals surface area contributed by atoms with E-state index in [0.29, 0.717) is 43.2 Å². The Balaban J connectivity index is 2.75. The molecule has 0 heterocycles. The molecule has 0 bridgehead atoms. The smallest absolute Gasteiger partial charge is 0.254 e. The van der Waals surface area contributed by atoms with Crippen LogP contribution in [-0.4, -0.2) is 64.3 Å². The quantitative estimate of drug-likeness (QED) is 0.635. The van der Waals surface area contributed by atoms with Gasteiger partial charge in [-0.25, -0.2) is 0 Å². The van der Waals surface area contributed by atoms with Crippen molar-refractivity contribution in [2.75, 3.05) is 47.6 Å². The van der Waals surface area contributed by atoms with Gasteiger partial charge in [0.05, 0.1) is 25.3 Å². The summed E-state index contributed by atoms with van der Waals surface area (Å²) in [5.41, 5.74) is 0.319. The predicted octanol–water partition coefficient (Wildman–Crippen LogP) is 1.97. The van der Waals surface area contributed by atoms with E-state index < -0.39 is 0 Å². The fourth-order valence-corrected chi connectivity index (χ4v) is 2.40. The van der Waals surface area contributed by atoms with Crippen molar-refractivity contribution < 1.29 is 23.8 Å². The summed E-state index contributed by atoms with van der Waals surface area (Å²) in [7, 11) is 4.62. The lowest BCUT2D eigenvalue weighted by atomic mass is 10.1. The van der Waals surface area contributed by atoms with Crippen LogP contribution in [0.4, 0.5) is 0 Å².